The summed E-state index contributed by atoms with van der Waals surface area (Å²) < 4.78 is 0. The van der Waals surface area contributed by atoms with Crippen molar-refractivity contribution in [1.82, 2.24) is 10.6 Å². The number of rotatable bonds is 3. The van der Waals surface area contributed by atoms with E-state index >= 15 is 0 Å². The smallest absolute Gasteiger partial charge is 0.252 e. The average Bonchev–Trinajstić information content (AvgIpc) is 2.76. The molecule has 18 heavy (non-hydrogen) atoms. The Bertz CT molecular complexity index is 490. The molecule has 6 heteroatoms. The van der Waals surface area contributed by atoms with Crippen molar-refractivity contribution < 1.29 is 9.59 Å². The highest BCUT2D eigenvalue weighted by molar-refractivity contribution is 6.36. The quantitative estimate of drug-likeness (QED) is 0.713. The minimum atomic E-state index is -0.284. The third-order valence-corrected chi connectivity index (χ3v) is 3.29. The van der Waals surface area contributed by atoms with Crippen molar-refractivity contribution in [1.29, 1.82) is 0 Å². The van der Waals surface area contributed by atoms with Crippen LogP contribution in [0.15, 0.2) is 18.2 Å². The van der Waals surface area contributed by atoms with Gasteiger partial charge < -0.3 is 16.4 Å². The number of halogens is 1. The number of anilines is 1. The summed E-state index contributed by atoms with van der Waals surface area (Å²) in [7, 11) is 0. The van der Waals surface area contributed by atoms with Gasteiger partial charge in [0.25, 0.3) is 5.91 Å². The van der Waals surface area contributed by atoms with E-state index in [0.717, 1.165) is 6.42 Å². The van der Waals surface area contributed by atoms with E-state index in [1.165, 1.54) is 0 Å². The molecule has 1 saturated heterocycles. The molecule has 0 saturated carbocycles. The van der Waals surface area contributed by atoms with Crippen molar-refractivity contribution in [3.63, 3.8) is 0 Å². The minimum Gasteiger partial charge on any atom is -0.398 e. The molecular weight excluding hydrogens is 254 g/mol. The van der Waals surface area contributed by atoms with Gasteiger partial charge in [-0.1, -0.05) is 17.7 Å². The van der Waals surface area contributed by atoms with Gasteiger partial charge >= 0.3 is 0 Å². The Kier molecular flexibility index (Phi) is 3.72. The lowest BCUT2D eigenvalue weighted by molar-refractivity contribution is -0.119. The molecule has 0 bridgehead atoms. The summed E-state index contributed by atoms with van der Waals surface area (Å²) in [5.41, 5.74) is 6.35. The molecule has 0 radical (unpaired) electrons. The summed E-state index contributed by atoms with van der Waals surface area (Å²) in [5.74, 6) is -0.260. The van der Waals surface area contributed by atoms with Crippen LogP contribution in [0, 0.1) is 0 Å². The van der Waals surface area contributed by atoms with Gasteiger partial charge in [-0.25, -0.2) is 0 Å². The standard InChI is InChI=1S/C12H14ClN3O2/c13-11-8(2-1-3-9(11)14)12(18)15-6-7-4-5-10(17)16-7/h1-3,7H,4-6,14H2,(H,15,18)(H,16,17). The summed E-state index contributed by atoms with van der Waals surface area (Å²) in [5, 5.41) is 5.77. The number of carbonyl (C=O) groups excluding carboxylic acids is 2. The topological polar surface area (TPSA) is 84.2 Å². The zero-order valence-corrected chi connectivity index (χ0v) is 10.5. The highest BCUT2D eigenvalue weighted by Gasteiger charge is 2.21. The molecule has 4 N–H and O–H groups in total. The normalized spacial score (nSPS) is 18.5. The highest BCUT2D eigenvalue weighted by atomic mass is 35.5. The van der Waals surface area contributed by atoms with Gasteiger partial charge in [-0.05, 0) is 18.6 Å². The highest BCUT2D eigenvalue weighted by Crippen LogP contribution is 2.22. The average molecular weight is 268 g/mol. The van der Waals surface area contributed by atoms with E-state index in [9.17, 15) is 9.59 Å². The van der Waals surface area contributed by atoms with Crippen molar-refractivity contribution in [3.8, 4) is 0 Å². The number of hydrogen-bond donors (Lipinski definition) is 3. The van der Waals surface area contributed by atoms with E-state index in [-0.39, 0.29) is 22.9 Å². The maximum atomic E-state index is 11.9. The van der Waals surface area contributed by atoms with Crippen LogP contribution in [-0.2, 0) is 4.79 Å². The predicted octanol–water partition coefficient (Wildman–Crippen LogP) is 0.931. The van der Waals surface area contributed by atoms with E-state index in [1.807, 2.05) is 0 Å². The number of nitrogen functional groups attached to an aromatic ring is 1. The molecule has 2 amide bonds. The van der Waals surface area contributed by atoms with Crippen LogP contribution >= 0.6 is 11.6 Å². The Hall–Kier alpha value is -1.75. The molecule has 0 aromatic heterocycles. The molecule has 1 aliphatic rings. The van der Waals surface area contributed by atoms with Gasteiger partial charge in [-0.3, -0.25) is 9.59 Å². The second-order valence-corrected chi connectivity index (χ2v) is 4.60. The summed E-state index contributed by atoms with van der Waals surface area (Å²) >= 11 is 5.95. The van der Waals surface area contributed by atoms with Crippen LogP contribution < -0.4 is 16.4 Å². The Morgan fingerprint density at radius 1 is 1.56 bits per heavy atom. The lowest BCUT2D eigenvalue weighted by Crippen LogP contribution is -2.38. The van der Waals surface area contributed by atoms with Crippen LogP contribution in [-0.4, -0.2) is 24.4 Å². The van der Waals surface area contributed by atoms with Gasteiger partial charge in [-0.2, -0.15) is 0 Å². The molecule has 1 aliphatic heterocycles. The zero-order valence-electron chi connectivity index (χ0n) is 9.70. The molecule has 1 atom stereocenters. The Balaban J connectivity index is 1.95. The Morgan fingerprint density at radius 2 is 2.33 bits per heavy atom. The first kappa shape index (κ1) is 12.7. The molecule has 5 nitrogen and oxygen atoms in total. The first-order chi connectivity index (χ1) is 8.58. The SMILES string of the molecule is Nc1cccc(C(=O)NCC2CCC(=O)N2)c1Cl. The van der Waals surface area contributed by atoms with Crippen LogP contribution in [0.25, 0.3) is 0 Å². The number of hydrogen-bond acceptors (Lipinski definition) is 3. The molecule has 0 aliphatic carbocycles. The largest absolute Gasteiger partial charge is 0.398 e. The molecular formula is C12H14ClN3O2. The monoisotopic (exact) mass is 267 g/mol. The lowest BCUT2D eigenvalue weighted by atomic mass is 10.1. The van der Waals surface area contributed by atoms with Gasteiger partial charge in [0, 0.05) is 19.0 Å². The van der Waals surface area contributed by atoms with Crippen molar-refractivity contribution in [3.05, 3.63) is 28.8 Å². The minimum absolute atomic E-state index is 0.00119. The van der Waals surface area contributed by atoms with E-state index in [2.05, 4.69) is 10.6 Å². The fourth-order valence-corrected chi connectivity index (χ4v) is 2.08. The number of amides is 2. The van der Waals surface area contributed by atoms with E-state index in [1.54, 1.807) is 18.2 Å². The maximum absolute atomic E-state index is 11.9. The molecule has 1 aromatic carbocycles. The van der Waals surface area contributed by atoms with Gasteiger partial charge in [0.15, 0.2) is 0 Å². The van der Waals surface area contributed by atoms with E-state index in [4.69, 9.17) is 17.3 Å². The van der Waals surface area contributed by atoms with Crippen LogP contribution in [0.5, 0.6) is 0 Å². The van der Waals surface area contributed by atoms with Crippen LogP contribution in [0.4, 0.5) is 5.69 Å². The number of benzene rings is 1. The predicted molar refractivity (Wildman–Crippen MR) is 69.4 cm³/mol. The second kappa shape index (κ2) is 5.27. The van der Waals surface area contributed by atoms with Crippen molar-refractivity contribution in [2.24, 2.45) is 0 Å². The fraction of sp³-hybridized carbons (Fsp3) is 0.333. The van der Waals surface area contributed by atoms with E-state index in [0.29, 0.717) is 24.2 Å². The molecule has 2 rings (SSSR count). The number of nitrogens with two attached hydrogens (primary N) is 1. The Morgan fingerprint density at radius 3 is 3.00 bits per heavy atom. The Labute approximate surface area is 110 Å². The van der Waals surface area contributed by atoms with Crippen molar-refractivity contribution >= 4 is 29.1 Å². The summed E-state index contributed by atoms with van der Waals surface area (Å²) in [4.78, 5) is 22.9. The van der Waals surface area contributed by atoms with Crippen LogP contribution in [0.3, 0.4) is 0 Å². The maximum Gasteiger partial charge on any atom is 0.252 e. The van der Waals surface area contributed by atoms with Crippen LogP contribution in [0.2, 0.25) is 5.02 Å². The molecule has 1 heterocycles. The zero-order chi connectivity index (χ0) is 13.1. The first-order valence-corrected chi connectivity index (χ1v) is 6.07. The molecule has 1 unspecified atom stereocenters. The third-order valence-electron chi connectivity index (χ3n) is 2.87. The van der Waals surface area contributed by atoms with Crippen LogP contribution in [0.1, 0.15) is 23.2 Å². The molecule has 1 fully saturated rings. The molecule has 96 valence electrons. The summed E-state index contributed by atoms with van der Waals surface area (Å²) in [6.45, 7) is 0.399. The number of nitrogens with one attached hydrogen (secondary N) is 2. The van der Waals surface area contributed by atoms with Crippen molar-refractivity contribution in [2.45, 2.75) is 18.9 Å². The fourth-order valence-electron chi connectivity index (χ4n) is 1.87. The van der Waals surface area contributed by atoms with E-state index < -0.39 is 0 Å². The van der Waals surface area contributed by atoms with Gasteiger partial charge in [-0.15, -0.1) is 0 Å². The molecule has 0 spiro atoms. The first-order valence-electron chi connectivity index (χ1n) is 5.69. The van der Waals surface area contributed by atoms with Gasteiger partial charge in [0.05, 0.1) is 16.3 Å². The number of carbonyl (C=O) groups is 2. The third kappa shape index (κ3) is 2.73. The van der Waals surface area contributed by atoms with Gasteiger partial charge in [0.1, 0.15) is 0 Å². The van der Waals surface area contributed by atoms with Crippen molar-refractivity contribution in [2.75, 3.05) is 12.3 Å². The summed E-state index contributed by atoms with van der Waals surface area (Å²) in [6, 6.07) is 4.92. The lowest BCUT2D eigenvalue weighted by Gasteiger charge is -2.12. The summed E-state index contributed by atoms with van der Waals surface area (Å²) in [6.07, 6.45) is 1.25. The van der Waals surface area contributed by atoms with Gasteiger partial charge in [0.2, 0.25) is 5.91 Å². The second-order valence-electron chi connectivity index (χ2n) is 4.22. The molecule has 1 aromatic rings.